The molecule has 44 heavy (non-hydrogen) atoms. The molecule has 0 fully saturated rings. The third kappa shape index (κ3) is 7.22. The number of aliphatic carboxylic acids is 2. The Bertz CT molecular complexity index is 1520. The molecule has 2 aromatic carbocycles. The molecule has 0 unspecified atom stereocenters. The van der Waals surface area contributed by atoms with Crippen molar-refractivity contribution in [2.45, 2.75) is 24.5 Å². The van der Waals surface area contributed by atoms with Crippen LogP contribution in [0.15, 0.2) is 36.4 Å². The number of ether oxygens (including phenoxy) is 5. The van der Waals surface area contributed by atoms with Crippen LogP contribution in [0, 0.1) is 0 Å². The van der Waals surface area contributed by atoms with Gasteiger partial charge < -0.3 is 39.0 Å². The van der Waals surface area contributed by atoms with Gasteiger partial charge in [-0.2, -0.15) is 0 Å². The van der Waals surface area contributed by atoms with Crippen molar-refractivity contribution >= 4 is 47.6 Å². The average Bonchev–Trinajstić information content (AvgIpc) is 3.01. The second-order valence-electron chi connectivity index (χ2n) is 8.76. The van der Waals surface area contributed by atoms with Gasteiger partial charge >= 0.3 is 47.4 Å². The Morgan fingerprint density at radius 3 is 1.39 bits per heavy atom. The van der Waals surface area contributed by atoms with Gasteiger partial charge in [0.05, 0.1) is 57.1 Å². The second-order valence-corrected chi connectivity index (χ2v) is 8.76. The molecule has 0 bridgehead atoms. The van der Waals surface area contributed by atoms with Gasteiger partial charge in [-0.3, -0.25) is 9.59 Å². The minimum absolute atomic E-state index is 0.0688. The van der Waals surface area contributed by atoms with E-state index in [2.05, 4.69) is 18.9 Å². The zero-order valence-electron chi connectivity index (χ0n) is 23.6. The Balaban J connectivity index is 2.53. The number of aliphatic hydroxyl groups excluding tert-OH is 1. The Labute approximate surface area is 248 Å². The molecule has 0 aliphatic rings. The predicted molar refractivity (Wildman–Crippen MR) is 141 cm³/mol. The number of hydrogen-bond acceptors (Lipinski definition) is 14. The van der Waals surface area contributed by atoms with Crippen LogP contribution in [0.1, 0.15) is 52.6 Å². The van der Waals surface area contributed by atoms with E-state index in [4.69, 9.17) is 4.74 Å². The third-order valence-corrected chi connectivity index (χ3v) is 6.13. The van der Waals surface area contributed by atoms with Gasteiger partial charge in [0.1, 0.15) is 0 Å². The van der Waals surface area contributed by atoms with Crippen molar-refractivity contribution in [3.63, 3.8) is 0 Å². The number of rotatable bonds is 13. The summed E-state index contributed by atoms with van der Waals surface area (Å²) in [4.78, 5) is 98.8. The Kier molecular flexibility index (Phi) is 11.4. The number of carbonyl (C=O) groups excluding carboxylic acids is 6. The number of hydrogen-bond donors (Lipinski definition) is 3. The molecule has 0 amide bonds. The molecule has 0 saturated heterocycles. The first-order valence-electron chi connectivity index (χ1n) is 12.2. The number of Topliss-reactive ketones (excluding diaryl/α,β-unsaturated/α-hetero) is 1. The normalized spacial score (nSPS) is 12.5. The number of benzene rings is 2. The molecule has 2 aromatic rings. The van der Waals surface area contributed by atoms with E-state index in [1.807, 2.05) is 0 Å². The summed E-state index contributed by atoms with van der Waals surface area (Å²) in [5.41, 5.74) is -5.18. The third-order valence-electron chi connectivity index (χ3n) is 6.13. The van der Waals surface area contributed by atoms with E-state index < -0.39 is 77.7 Å². The van der Waals surface area contributed by atoms with Crippen LogP contribution in [0.5, 0.6) is 0 Å². The van der Waals surface area contributed by atoms with Gasteiger partial charge in [0.25, 0.3) is 0 Å². The summed E-state index contributed by atoms with van der Waals surface area (Å²) in [6, 6.07) is 6.41. The summed E-state index contributed by atoms with van der Waals surface area (Å²) in [5, 5.41) is 29.7. The maximum atomic E-state index is 13.4. The number of esters is 5. The Morgan fingerprint density at radius 1 is 0.636 bits per heavy atom. The Hall–Kier alpha value is -5.64. The topological polar surface area (TPSA) is 243 Å². The zero-order valence-corrected chi connectivity index (χ0v) is 23.6. The maximum Gasteiger partial charge on any atom is 0.359 e. The van der Waals surface area contributed by atoms with Crippen molar-refractivity contribution in [3.05, 3.63) is 69.8 Å². The summed E-state index contributed by atoms with van der Waals surface area (Å²) in [6.07, 6.45) is -5.01. The van der Waals surface area contributed by atoms with E-state index in [-0.39, 0.29) is 27.8 Å². The minimum Gasteiger partial charge on any atom is -0.479 e. The summed E-state index contributed by atoms with van der Waals surface area (Å²) in [6.45, 7) is 0. The fraction of sp³-hybridized carbons (Fsp3) is 0.286. The molecule has 3 N–H and O–H groups in total. The molecule has 0 aliphatic carbocycles. The number of carbonyl (C=O) groups is 8. The standard InChI is InChI=1S/C28H26O16/c1-40-23(34)15-7-5-13(9-17(15)25(36)42-3)11-19(29)28(27(38)39,21(31)22(32)33)44-20(30)12-14-6-8-16(24(35)41-2)18(10-14)26(37)43-4/h5-10,21,31H,11-12H2,1-4H3,(H,32,33)(H,38,39)/t21-,28+/m0/s1. The van der Waals surface area contributed by atoms with Crippen LogP contribution >= 0.6 is 0 Å². The van der Waals surface area contributed by atoms with E-state index in [0.717, 1.165) is 64.8 Å². The molecule has 234 valence electrons. The van der Waals surface area contributed by atoms with Crippen molar-refractivity contribution in [1.82, 2.24) is 0 Å². The van der Waals surface area contributed by atoms with E-state index in [1.165, 1.54) is 0 Å². The van der Waals surface area contributed by atoms with Gasteiger partial charge in [-0.05, 0) is 35.4 Å². The summed E-state index contributed by atoms with van der Waals surface area (Å²) >= 11 is 0. The molecule has 0 aliphatic heterocycles. The van der Waals surface area contributed by atoms with Crippen molar-refractivity contribution in [2.24, 2.45) is 0 Å². The molecule has 2 atom stereocenters. The van der Waals surface area contributed by atoms with Crippen LogP contribution in [0.4, 0.5) is 0 Å². The van der Waals surface area contributed by atoms with E-state index in [1.54, 1.807) is 0 Å². The first kappa shape index (κ1) is 34.6. The predicted octanol–water partition coefficient (Wildman–Crippen LogP) is -0.000600. The zero-order chi connectivity index (χ0) is 33.4. The summed E-state index contributed by atoms with van der Waals surface area (Å²) in [7, 11) is 4.10. The largest absolute Gasteiger partial charge is 0.479 e. The van der Waals surface area contributed by atoms with Gasteiger partial charge in [0.15, 0.2) is 5.78 Å². The molecule has 0 aromatic heterocycles. The SMILES string of the molecule is COC(=O)c1ccc(CC(=O)O[C@](C(=O)O)(C(=O)Cc2ccc(C(=O)OC)c(C(=O)OC)c2)[C@@H](O)C(=O)O)cc1C(=O)OC. The van der Waals surface area contributed by atoms with Crippen LogP contribution < -0.4 is 0 Å². The highest BCUT2D eigenvalue weighted by Gasteiger charge is 2.59. The molecule has 0 spiro atoms. The smallest absolute Gasteiger partial charge is 0.359 e. The fourth-order valence-corrected chi connectivity index (χ4v) is 3.95. The summed E-state index contributed by atoms with van der Waals surface area (Å²) in [5.74, 6) is -11.7. The van der Waals surface area contributed by atoms with Crippen LogP contribution in [0.25, 0.3) is 0 Å². The van der Waals surface area contributed by atoms with E-state index in [9.17, 15) is 53.7 Å². The highest BCUT2D eigenvalue weighted by molar-refractivity contribution is 6.13. The monoisotopic (exact) mass is 618 g/mol. The number of aliphatic hydroxyl groups is 1. The van der Waals surface area contributed by atoms with Gasteiger partial charge in [0.2, 0.25) is 6.10 Å². The maximum absolute atomic E-state index is 13.4. The summed E-state index contributed by atoms with van der Waals surface area (Å²) < 4.78 is 23.3. The van der Waals surface area contributed by atoms with Gasteiger partial charge in [0, 0.05) is 6.42 Å². The molecule has 16 heteroatoms. The van der Waals surface area contributed by atoms with Crippen molar-refractivity contribution in [1.29, 1.82) is 0 Å². The number of carboxylic acid groups (broad SMARTS) is 2. The molecule has 2 rings (SSSR count). The number of ketones is 1. The Morgan fingerprint density at radius 2 is 1.02 bits per heavy atom. The fourth-order valence-electron chi connectivity index (χ4n) is 3.95. The second kappa shape index (κ2) is 14.5. The van der Waals surface area contributed by atoms with Crippen LogP contribution in [0.2, 0.25) is 0 Å². The lowest BCUT2D eigenvalue weighted by Gasteiger charge is -2.30. The highest BCUT2D eigenvalue weighted by Crippen LogP contribution is 2.25. The van der Waals surface area contributed by atoms with Crippen LogP contribution in [-0.4, -0.2) is 103 Å². The highest BCUT2D eigenvalue weighted by atomic mass is 16.6. The molecule has 0 saturated carbocycles. The van der Waals surface area contributed by atoms with Crippen LogP contribution in [-0.2, 0) is 55.7 Å². The van der Waals surface area contributed by atoms with Crippen molar-refractivity contribution in [2.75, 3.05) is 28.4 Å². The quantitative estimate of drug-likeness (QED) is 0.152. The average molecular weight is 619 g/mol. The van der Waals surface area contributed by atoms with Gasteiger partial charge in [-0.15, -0.1) is 0 Å². The van der Waals surface area contributed by atoms with E-state index in [0.29, 0.717) is 0 Å². The van der Waals surface area contributed by atoms with Crippen molar-refractivity contribution in [3.8, 4) is 0 Å². The van der Waals surface area contributed by atoms with Crippen molar-refractivity contribution < 1.29 is 77.4 Å². The van der Waals surface area contributed by atoms with E-state index >= 15 is 0 Å². The molecule has 0 radical (unpaired) electrons. The number of methoxy groups -OCH3 is 4. The molecular weight excluding hydrogens is 592 g/mol. The molecule has 16 nitrogen and oxygen atoms in total. The van der Waals surface area contributed by atoms with Crippen LogP contribution in [0.3, 0.4) is 0 Å². The lowest BCUT2D eigenvalue weighted by molar-refractivity contribution is -0.199. The van der Waals surface area contributed by atoms with Gasteiger partial charge in [-0.1, -0.05) is 12.1 Å². The first-order valence-corrected chi connectivity index (χ1v) is 12.2. The minimum atomic E-state index is -3.70. The number of carboxylic acids is 2. The van der Waals surface area contributed by atoms with Gasteiger partial charge in [-0.25, -0.2) is 28.8 Å². The first-order chi connectivity index (χ1) is 20.7. The lowest BCUT2D eigenvalue weighted by Crippen LogP contribution is -2.62. The molecule has 0 heterocycles. The lowest BCUT2D eigenvalue weighted by atomic mass is 9.86. The molecular formula is C28H26O16.